The van der Waals surface area contributed by atoms with Gasteiger partial charge in [0.2, 0.25) is 0 Å². The third-order valence-electron chi connectivity index (χ3n) is 2.15. The molecule has 0 aliphatic rings. The Balaban J connectivity index is 4.19. The summed E-state index contributed by atoms with van der Waals surface area (Å²) in [5.74, 6) is 2.84. The van der Waals surface area contributed by atoms with Gasteiger partial charge in [-0.2, -0.15) is 0 Å². The summed E-state index contributed by atoms with van der Waals surface area (Å²) < 4.78 is 5.29. The number of terminal acetylenes is 1. The van der Waals surface area contributed by atoms with Crippen molar-refractivity contribution >= 4 is 6.09 Å². The van der Waals surface area contributed by atoms with Crippen molar-refractivity contribution in [3.05, 3.63) is 0 Å². The van der Waals surface area contributed by atoms with Crippen LogP contribution in [0.5, 0.6) is 0 Å². The predicted molar refractivity (Wildman–Crippen MR) is 66.1 cm³/mol. The van der Waals surface area contributed by atoms with Gasteiger partial charge in [0.05, 0.1) is 0 Å². The van der Waals surface area contributed by atoms with Gasteiger partial charge in [-0.3, -0.25) is 0 Å². The summed E-state index contributed by atoms with van der Waals surface area (Å²) >= 11 is 0. The van der Waals surface area contributed by atoms with Crippen LogP contribution in [0, 0.1) is 18.3 Å². The number of amides is 1. The third kappa shape index (κ3) is 6.34. The van der Waals surface area contributed by atoms with Crippen molar-refractivity contribution in [1.82, 2.24) is 4.90 Å². The van der Waals surface area contributed by atoms with Crippen LogP contribution in [0.2, 0.25) is 0 Å². The first-order valence-electron chi connectivity index (χ1n) is 5.74. The van der Waals surface area contributed by atoms with Crippen LogP contribution in [-0.2, 0) is 4.74 Å². The fourth-order valence-electron chi connectivity index (χ4n) is 1.14. The van der Waals surface area contributed by atoms with Crippen LogP contribution in [0.3, 0.4) is 0 Å². The number of hydrogen-bond acceptors (Lipinski definition) is 2. The van der Waals surface area contributed by atoms with E-state index in [0.29, 0.717) is 13.1 Å². The zero-order chi connectivity index (χ0) is 12.8. The highest BCUT2D eigenvalue weighted by Gasteiger charge is 2.20. The van der Waals surface area contributed by atoms with Gasteiger partial charge in [0.15, 0.2) is 0 Å². The number of carbonyl (C=O) groups excluding carboxylic acids is 1. The SMILES string of the molecule is C#CC(C)CCN(CC)C(=O)OC(C)(C)C. The van der Waals surface area contributed by atoms with Gasteiger partial charge in [-0.25, -0.2) is 4.79 Å². The minimum absolute atomic E-state index is 0.191. The van der Waals surface area contributed by atoms with Crippen molar-refractivity contribution in [3.8, 4) is 12.3 Å². The average Bonchev–Trinajstić information content (AvgIpc) is 2.15. The molecule has 0 aliphatic carbocycles. The lowest BCUT2D eigenvalue weighted by Crippen LogP contribution is -2.37. The normalized spacial score (nSPS) is 12.8. The molecule has 0 aromatic heterocycles. The molecule has 0 saturated carbocycles. The lowest BCUT2D eigenvalue weighted by Gasteiger charge is -2.26. The van der Waals surface area contributed by atoms with Crippen LogP contribution < -0.4 is 0 Å². The molecule has 0 radical (unpaired) electrons. The molecule has 1 amide bonds. The Hall–Kier alpha value is -1.17. The Kier molecular flexibility index (Phi) is 5.95. The van der Waals surface area contributed by atoms with Gasteiger partial charge < -0.3 is 9.64 Å². The summed E-state index contributed by atoms with van der Waals surface area (Å²) in [7, 11) is 0. The topological polar surface area (TPSA) is 29.5 Å². The van der Waals surface area contributed by atoms with E-state index in [0.717, 1.165) is 6.42 Å². The molecular formula is C13H23NO2. The maximum absolute atomic E-state index is 11.7. The van der Waals surface area contributed by atoms with E-state index in [1.165, 1.54) is 0 Å². The summed E-state index contributed by atoms with van der Waals surface area (Å²) in [6, 6.07) is 0. The number of rotatable bonds is 4. The van der Waals surface area contributed by atoms with E-state index < -0.39 is 5.60 Å². The van der Waals surface area contributed by atoms with Gasteiger partial charge in [0, 0.05) is 19.0 Å². The molecule has 3 heteroatoms. The molecule has 0 fully saturated rings. The maximum atomic E-state index is 11.7. The number of carbonyl (C=O) groups is 1. The molecule has 0 saturated heterocycles. The predicted octanol–water partition coefficient (Wildman–Crippen LogP) is 2.90. The first kappa shape index (κ1) is 14.8. The summed E-state index contributed by atoms with van der Waals surface area (Å²) in [5.41, 5.74) is -0.442. The molecule has 0 aliphatic heterocycles. The Morgan fingerprint density at radius 2 is 2.06 bits per heavy atom. The largest absolute Gasteiger partial charge is 0.444 e. The second kappa shape index (κ2) is 6.42. The Bertz CT molecular complexity index is 260. The molecule has 3 nitrogen and oxygen atoms in total. The average molecular weight is 225 g/mol. The lowest BCUT2D eigenvalue weighted by molar-refractivity contribution is 0.0255. The Labute approximate surface area is 99.2 Å². The Morgan fingerprint density at radius 1 is 1.50 bits per heavy atom. The standard InChI is InChI=1S/C13H23NO2/c1-7-11(3)9-10-14(8-2)12(15)16-13(4,5)6/h1,11H,8-10H2,2-6H3. The van der Waals surface area contributed by atoms with Crippen LogP contribution in [0.15, 0.2) is 0 Å². The third-order valence-corrected chi connectivity index (χ3v) is 2.15. The van der Waals surface area contributed by atoms with Crippen LogP contribution in [-0.4, -0.2) is 29.7 Å². The minimum atomic E-state index is -0.442. The van der Waals surface area contributed by atoms with Gasteiger partial charge in [0.25, 0.3) is 0 Å². The second-order valence-corrected chi connectivity index (χ2v) is 4.92. The molecule has 0 heterocycles. The molecule has 16 heavy (non-hydrogen) atoms. The zero-order valence-corrected chi connectivity index (χ0v) is 11.0. The molecule has 1 unspecified atom stereocenters. The maximum Gasteiger partial charge on any atom is 0.410 e. The van der Waals surface area contributed by atoms with E-state index in [2.05, 4.69) is 5.92 Å². The molecule has 0 rings (SSSR count). The first-order chi connectivity index (χ1) is 7.30. The van der Waals surface area contributed by atoms with E-state index >= 15 is 0 Å². The highest BCUT2D eigenvalue weighted by Crippen LogP contribution is 2.11. The molecule has 0 aromatic rings. The van der Waals surface area contributed by atoms with Crippen molar-refractivity contribution < 1.29 is 9.53 Å². The summed E-state index contributed by atoms with van der Waals surface area (Å²) in [6.07, 6.45) is 5.84. The van der Waals surface area contributed by atoms with Crippen molar-refractivity contribution in [2.45, 2.75) is 46.6 Å². The van der Waals surface area contributed by atoms with Crippen LogP contribution in [0.1, 0.15) is 41.0 Å². The fourth-order valence-corrected chi connectivity index (χ4v) is 1.14. The van der Waals surface area contributed by atoms with Crippen molar-refractivity contribution in [2.24, 2.45) is 5.92 Å². The van der Waals surface area contributed by atoms with E-state index in [1.54, 1.807) is 4.90 Å². The van der Waals surface area contributed by atoms with Crippen LogP contribution >= 0.6 is 0 Å². The molecule has 92 valence electrons. The summed E-state index contributed by atoms with van der Waals surface area (Å²) in [5, 5.41) is 0. The Morgan fingerprint density at radius 3 is 2.44 bits per heavy atom. The van der Waals surface area contributed by atoms with Crippen molar-refractivity contribution in [3.63, 3.8) is 0 Å². The molecule has 0 spiro atoms. The number of hydrogen-bond donors (Lipinski definition) is 0. The summed E-state index contributed by atoms with van der Waals surface area (Å²) in [6.45, 7) is 10.8. The van der Waals surface area contributed by atoms with E-state index in [1.807, 2.05) is 34.6 Å². The number of ether oxygens (including phenoxy) is 1. The van der Waals surface area contributed by atoms with Gasteiger partial charge in [-0.1, -0.05) is 6.92 Å². The quantitative estimate of drug-likeness (QED) is 0.688. The monoisotopic (exact) mass is 225 g/mol. The van der Waals surface area contributed by atoms with Crippen LogP contribution in [0.4, 0.5) is 4.79 Å². The summed E-state index contributed by atoms with van der Waals surface area (Å²) in [4.78, 5) is 13.4. The van der Waals surface area contributed by atoms with Crippen molar-refractivity contribution in [1.29, 1.82) is 0 Å². The molecule has 1 atom stereocenters. The first-order valence-corrected chi connectivity index (χ1v) is 5.74. The minimum Gasteiger partial charge on any atom is -0.444 e. The van der Waals surface area contributed by atoms with Gasteiger partial charge >= 0.3 is 6.09 Å². The highest BCUT2D eigenvalue weighted by molar-refractivity contribution is 5.68. The smallest absolute Gasteiger partial charge is 0.410 e. The lowest BCUT2D eigenvalue weighted by atomic mass is 10.1. The van der Waals surface area contributed by atoms with Gasteiger partial charge in [-0.05, 0) is 34.1 Å². The van der Waals surface area contributed by atoms with Gasteiger partial charge in [-0.15, -0.1) is 12.3 Å². The second-order valence-electron chi connectivity index (χ2n) is 4.92. The van der Waals surface area contributed by atoms with E-state index in [9.17, 15) is 4.79 Å². The molecule has 0 bridgehead atoms. The van der Waals surface area contributed by atoms with Gasteiger partial charge in [0.1, 0.15) is 5.60 Å². The van der Waals surface area contributed by atoms with E-state index in [-0.39, 0.29) is 12.0 Å². The molecule has 0 N–H and O–H groups in total. The zero-order valence-electron chi connectivity index (χ0n) is 11.0. The highest BCUT2D eigenvalue weighted by atomic mass is 16.6. The van der Waals surface area contributed by atoms with Crippen LogP contribution in [0.25, 0.3) is 0 Å². The van der Waals surface area contributed by atoms with Crippen molar-refractivity contribution in [2.75, 3.05) is 13.1 Å². The van der Waals surface area contributed by atoms with E-state index in [4.69, 9.17) is 11.2 Å². The fraction of sp³-hybridized carbons (Fsp3) is 0.769. The number of nitrogens with zero attached hydrogens (tertiary/aromatic N) is 1. The molecular weight excluding hydrogens is 202 g/mol. The molecule has 0 aromatic carbocycles.